The lowest BCUT2D eigenvalue weighted by Gasteiger charge is -2.44. The first kappa shape index (κ1) is 19.1. The molecule has 2 unspecified atom stereocenters. The lowest BCUT2D eigenvalue weighted by atomic mass is 10.0. The Bertz CT molecular complexity index is 690. The van der Waals surface area contributed by atoms with E-state index in [1.54, 1.807) is 18.2 Å². The summed E-state index contributed by atoms with van der Waals surface area (Å²) < 4.78 is 10.7. The molecule has 2 aliphatic rings. The van der Waals surface area contributed by atoms with Crippen LogP contribution in [0.5, 0.6) is 0 Å². The van der Waals surface area contributed by atoms with Crippen molar-refractivity contribution in [3.63, 3.8) is 0 Å². The standard InChI is InChI=1S/C19H25ClN2O4/c1-12-8-15(20)4-5-16(12)19(24)22-11-13(2)21(10-14(22)3)17(23)9-18-25-6-7-26-18/h4-5,8,13-14,18H,6-7,9-11H2,1-3H3. The van der Waals surface area contributed by atoms with Crippen LogP contribution in [-0.2, 0) is 14.3 Å². The number of hydrogen-bond acceptors (Lipinski definition) is 4. The zero-order valence-electron chi connectivity index (χ0n) is 15.4. The molecule has 0 radical (unpaired) electrons. The fourth-order valence-corrected chi connectivity index (χ4v) is 3.79. The summed E-state index contributed by atoms with van der Waals surface area (Å²) in [6.07, 6.45) is -0.220. The van der Waals surface area contributed by atoms with E-state index < -0.39 is 6.29 Å². The maximum absolute atomic E-state index is 13.0. The van der Waals surface area contributed by atoms with Crippen LogP contribution in [0.25, 0.3) is 0 Å². The Hall–Kier alpha value is -1.63. The topological polar surface area (TPSA) is 59.1 Å². The molecule has 26 heavy (non-hydrogen) atoms. The van der Waals surface area contributed by atoms with Crippen molar-refractivity contribution in [1.82, 2.24) is 9.80 Å². The number of carbonyl (C=O) groups is 2. The van der Waals surface area contributed by atoms with Crippen molar-refractivity contribution in [2.24, 2.45) is 0 Å². The van der Waals surface area contributed by atoms with E-state index in [2.05, 4.69) is 0 Å². The molecule has 7 heteroatoms. The summed E-state index contributed by atoms with van der Waals surface area (Å²) in [4.78, 5) is 29.2. The van der Waals surface area contributed by atoms with Gasteiger partial charge in [0.1, 0.15) is 0 Å². The molecular weight excluding hydrogens is 356 g/mol. The molecule has 2 atom stereocenters. The van der Waals surface area contributed by atoms with Gasteiger partial charge in [0.25, 0.3) is 5.91 Å². The van der Waals surface area contributed by atoms with Crippen molar-refractivity contribution in [3.8, 4) is 0 Å². The van der Waals surface area contributed by atoms with Gasteiger partial charge >= 0.3 is 0 Å². The molecule has 0 saturated carbocycles. The molecule has 0 aromatic heterocycles. The van der Waals surface area contributed by atoms with Crippen LogP contribution in [0.4, 0.5) is 0 Å². The molecule has 2 heterocycles. The Kier molecular flexibility index (Phi) is 5.85. The van der Waals surface area contributed by atoms with Gasteiger partial charge in [0.05, 0.1) is 19.6 Å². The van der Waals surface area contributed by atoms with Gasteiger partial charge in [0.2, 0.25) is 5.91 Å². The van der Waals surface area contributed by atoms with E-state index in [1.807, 2.05) is 30.6 Å². The highest BCUT2D eigenvalue weighted by Gasteiger charge is 2.36. The van der Waals surface area contributed by atoms with Crippen molar-refractivity contribution in [1.29, 1.82) is 0 Å². The van der Waals surface area contributed by atoms with E-state index in [1.165, 1.54) is 0 Å². The average Bonchev–Trinajstić information content (AvgIpc) is 3.09. The summed E-state index contributed by atoms with van der Waals surface area (Å²) in [6, 6.07) is 5.17. The highest BCUT2D eigenvalue weighted by atomic mass is 35.5. The summed E-state index contributed by atoms with van der Waals surface area (Å²) in [6.45, 7) is 7.89. The second-order valence-corrected chi connectivity index (χ2v) is 7.47. The molecule has 3 rings (SSSR count). The Labute approximate surface area is 159 Å². The van der Waals surface area contributed by atoms with Crippen LogP contribution >= 0.6 is 11.6 Å². The number of amides is 2. The third-order valence-corrected chi connectivity index (χ3v) is 5.25. The van der Waals surface area contributed by atoms with E-state index in [0.717, 1.165) is 5.56 Å². The van der Waals surface area contributed by atoms with Gasteiger partial charge in [-0.3, -0.25) is 9.59 Å². The first-order valence-electron chi connectivity index (χ1n) is 8.96. The SMILES string of the molecule is Cc1cc(Cl)ccc1C(=O)N1CC(C)N(C(=O)CC2OCCO2)CC1C. The number of rotatable bonds is 3. The van der Waals surface area contributed by atoms with E-state index in [0.29, 0.717) is 36.9 Å². The molecule has 6 nitrogen and oxygen atoms in total. The Balaban J connectivity index is 1.67. The zero-order chi connectivity index (χ0) is 18.8. The summed E-state index contributed by atoms with van der Waals surface area (Å²) in [5.41, 5.74) is 1.51. The van der Waals surface area contributed by atoms with E-state index in [4.69, 9.17) is 21.1 Å². The number of carbonyl (C=O) groups excluding carboxylic acids is 2. The third kappa shape index (κ3) is 4.03. The molecule has 0 aliphatic carbocycles. The first-order chi connectivity index (χ1) is 12.4. The highest BCUT2D eigenvalue weighted by Crippen LogP contribution is 2.23. The van der Waals surface area contributed by atoms with Crippen LogP contribution in [0, 0.1) is 6.92 Å². The first-order valence-corrected chi connectivity index (χ1v) is 9.34. The summed E-state index contributed by atoms with van der Waals surface area (Å²) >= 11 is 5.99. The van der Waals surface area contributed by atoms with Crippen LogP contribution in [0.2, 0.25) is 5.02 Å². The summed E-state index contributed by atoms with van der Waals surface area (Å²) in [7, 11) is 0. The second-order valence-electron chi connectivity index (χ2n) is 7.04. The monoisotopic (exact) mass is 380 g/mol. The van der Waals surface area contributed by atoms with Crippen molar-refractivity contribution in [2.75, 3.05) is 26.3 Å². The van der Waals surface area contributed by atoms with Gasteiger partial charge in [-0.15, -0.1) is 0 Å². The maximum Gasteiger partial charge on any atom is 0.254 e. The summed E-state index contributed by atoms with van der Waals surface area (Å²) in [5, 5.41) is 0.618. The van der Waals surface area contributed by atoms with Gasteiger partial charge in [-0.25, -0.2) is 0 Å². The van der Waals surface area contributed by atoms with Crippen LogP contribution < -0.4 is 0 Å². The van der Waals surface area contributed by atoms with E-state index in [9.17, 15) is 9.59 Å². The number of aryl methyl sites for hydroxylation is 1. The van der Waals surface area contributed by atoms with Gasteiger partial charge in [-0.2, -0.15) is 0 Å². The number of benzene rings is 1. The lowest BCUT2D eigenvalue weighted by molar-refractivity contribution is -0.144. The van der Waals surface area contributed by atoms with E-state index >= 15 is 0 Å². The normalized spacial score (nSPS) is 24.2. The molecule has 2 amide bonds. The molecule has 2 aliphatic heterocycles. The molecule has 0 bridgehead atoms. The zero-order valence-corrected chi connectivity index (χ0v) is 16.2. The predicted molar refractivity (Wildman–Crippen MR) is 98.2 cm³/mol. The molecule has 0 spiro atoms. The minimum Gasteiger partial charge on any atom is -0.350 e. The number of halogens is 1. The van der Waals surface area contributed by atoms with Crippen molar-refractivity contribution < 1.29 is 19.1 Å². The van der Waals surface area contributed by atoms with Crippen molar-refractivity contribution in [3.05, 3.63) is 34.3 Å². The smallest absolute Gasteiger partial charge is 0.254 e. The van der Waals surface area contributed by atoms with Gasteiger partial charge in [-0.05, 0) is 44.5 Å². The summed E-state index contributed by atoms with van der Waals surface area (Å²) in [5.74, 6) is -0.0147. The van der Waals surface area contributed by atoms with Crippen LogP contribution in [0.15, 0.2) is 18.2 Å². The Morgan fingerprint density at radius 1 is 1.12 bits per heavy atom. The van der Waals surface area contributed by atoms with Gasteiger partial charge < -0.3 is 19.3 Å². The largest absolute Gasteiger partial charge is 0.350 e. The molecule has 2 fully saturated rings. The fraction of sp³-hybridized carbons (Fsp3) is 0.579. The fourth-order valence-electron chi connectivity index (χ4n) is 3.56. The number of hydrogen-bond donors (Lipinski definition) is 0. The second kappa shape index (κ2) is 7.94. The van der Waals surface area contributed by atoms with Crippen LogP contribution in [0.1, 0.15) is 36.2 Å². The third-order valence-electron chi connectivity index (χ3n) is 5.02. The maximum atomic E-state index is 13.0. The number of piperazine rings is 1. The highest BCUT2D eigenvalue weighted by molar-refractivity contribution is 6.30. The molecular formula is C19H25ClN2O4. The van der Waals surface area contributed by atoms with Gasteiger partial charge in [-0.1, -0.05) is 11.6 Å². The predicted octanol–water partition coefficient (Wildman–Crippen LogP) is 2.47. The van der Waals surface area contributed by atoms with E-state index in [-0.39, 0.29) is 30.3 Å². The lowest BCUT2D eigenvalue weighted by Crippen LogP contribution is -2.59. The Morgan fingerprint density at radius 2 is 1.73 bits per heavy atom. The van der Waals surface area contributed by atoms with Gasteiger partial charge in [0.15, 0.2) is 6.29 Å². The molecule has 0 N–H and O–H groups in total. The van der Waals surface area contributed by atoms with Crippen LogP contribution in [0.3, 0.4) is 0 Å². The minimum atomic E-state index is -0.443. The number of ether oxygens (including phenoxy) is 2. The Morgan fingerprint density at radius 3 is 2.38 bits per heavy atom. The number of nitrogens with zero attached hydrogens (tertiary/aromatic N) is 2. The molecule has 142 valence electrons. The molecule has 1 aromatic rings. The molecule has 2 saturated heterocycles. The average molecular weight is 381 g/mol. The quantitative estimate of drug-likeness (QED) is 0.808. The van der Waals surface area contributed by atoms with Crippen molar-refractivity contribution in [2.45, 2.75) is 45.6 Å². The molecule has 1 aromatic carbocycles. The van der Waals surface area contributed by atoms with Crippen LogP contribution in [-0.4, -0.2) is 66.3 Å². The van der Waals surface area contributed by atoms with Gasteiger partial charge in [0, 0.05) is 35.8 Å². The minimum absolute atomic E-state index is 0.00558. The van der Waals surface area contributed by atoms with Crippen molar-refractivity contribution >= 4 is 23.4 Å².